The molecular formula is C33H48N4O5S2. The predicted molar refractivity (Wildman–Crippen MR) is 179 cm³/mol. The molecule has 2 aromatic rings. The molecule has 0 aliphatic heterocycles. The second kappa shape index (κ2) is 14.8. The largest absolute Gasteiger partial charge is 0.342 e. The maximum Gasteiger partial charge on any atom is 0.264 e. The number of nitrogens with zero attached hydrogens (tertiary/aromatic N) is 1. The van der Waals surface area contributed by atoms with Gasteiger partial charge in [-0.2, -0.15) is 12.6 Å². The van der Waals surface area contributed by atoms with Crippen LogP contribution in [0.15, 0.2) is 71.3 Å². The van der Waals surface area contributed by atoms with Crippen LogP contribution >= 0.6 is 12.6 Å². The lowest BCUT2D eigenvalue weighted by Crippen LogP contribution is -2.61. The van der Waals surface area contributed by atoms with E-state index < -0.39 is 50.0 Å². The molecule has 3 N–H and O–H groups in total. The first kappa shape index (κ1) is 37.0. The first-order chi connectivity index (χ1) is 20.2. The summed E-state index contributed by atoms with van der Waals surface area (Å²) in [5.41, 5.74) is 1.74. The van der Waals surface area contributed by atoms with Gasteiger partial charge in [0.25, 0.3) is 10.0 Å². The molecule has 0 aromatic heterocycles. The third-order valence-corrected chi connectivity index (χ3v) is 9.36. The van der Waals surface area contributed by atoms with Crippen LogP contribution in [0.5, 0.6) is 0 Å². The van der Waals surface area contributed by atoms with Gasteiger partial charge in [-0.05, 0) is 58.4 Å². The Balaban J connectivity index is 2.33. The summed E-state index contributed by atoms with van der Waals surface area (Å²) < 4.78 is 26.8. The Morgan fingerprint density at radius 3 is 1.91 bits per heavy atom. The summed E-state index contributed by atoms with van der Waals surface area (Å²) in [4.78, 5) is 42.1. The van der Waals surface area contributed by atoms with Gasteiger partial charge >= 0.3 is 0 Å². The molecule has 2 rings (SSSR count). The van der Waals surface area contributed by atoms with Gasteiger partial charge in [-0.15, -0.1) is 0 Å². The minimum Gasteiger partial charge on any atom is -0.342 e. The van der Waals surface area contributed by atoms with Gasteiger partial charge in [0.1, 0.15) is 6.04 Å². The predicted octanol–water partition coefficient (Wildman–Crippen LogP) is 4.19. The van der Waals surface area contributed by atoms with Crippen molar-refractivity contribution in [3.8, 4) is 0 Å². The Morgan fingerprint density at radius 2 is 1.43 bits per heavy atom. The lowest BCUT2D eigenvalue weighted by atomic mass is 9.77. The Hall–Kier alpha value is -3.15. The molecule has 2 aromatic carbocycles. The molecule has 0 heterocycles. The van der Waals surface area contributed by atoms with Gasteiger partial charge in [0.2, 0.25) is 17.7 Å². The highest BCUT2D eigenvalue weighted by molar-refractivity contribution is 7.90. The lowest BCUT2D eigenvalue weighted by Gasteiger charge is -2.38. The molecule has 0 radical (unpaired) electrons. The summed E-state index contributed by atoms with van der Waals surface area (Å²) in [6.07, 6.45) is 1.57. The van der Waals surface area contributed by atoms with Crippen molar-refractivity contribution in [1.29, 1.82) is 0 Å². The van der Waals surface area contributed by atoms with Crippen LogP contribution in [-0.4, -0.2) is 62.0 Å². The average Bonchev–Trinajstić information content (AvgIpc) is 2.93. The van der Waals surface area contributed by atoms with Gasteiger partial charge in [0.15, 0.2) is 0 Å². The van der Waals surface area contributed by atoms with Crippen LogP contribution in [0, 0.1) is 18.8 Å². The monoisotopic (exact) mass is 644 g/mol. The molecule has 3 amide bonds. The molecule has 44 heavy (non-hydrogen) atoms. The van der Waals surface area contributed by atoms with Gasteiger partial charge in [-0.1, -0.05) is 81.8 Å². The maximum atomic E-state index is 14.0. The quantitative estimate of drug-likeness (QED) is 0.243. The number of aryl methyl sites for hydroxylation is 1. The number of allylic oxidation sites excluding steroid dienone is 1. The summed E-state index contributed by atoms with van der Waals surface area (Å²) in [6, 6.07) is 14.1. The van der Waals surface area contributed by atoms with Crippen LogP contribution in [0.25, 0.3) is 0 Å². The average molecular weight is 645 g/mol. The number of amides is 3. The fourth-order valence-electron chi connectivity index (χ4n) is 4.97. The number of hydrogen-bond donors (Lipinski definition) is 4. The number of benzene rings is 2. The number of thiol groups is 1. The fourth-order valence-corrected chi connectivity index (χ4v) is 6.20. The summed E-state index contributed by atoms with van der Waals surface area (Å²) in [6.45, 7) is 14.5. The minimum absolute atomic E-state index is 0.0195. The van der Waals surface area contributed by atoms with Gasteiger partial charge < -0.3 is 15.5 Å². The summed E-state index contributed by atoms with van der Waals surface area (Å²) in [7, 11) is -0.800. The van der Waals surface area contributed by atoms with E-state index >= 15 is 0 Å². The van der Waals surface area contributed by atoms with Crippen LogP contribution in [0.1, 0.15) is 59.6 Å². The number of carbonyl (C=O) groups excluding carboxylic acids is 3. The van der Waals surface area contributed by atoms with Gasteiger partial charge in [0, 0.05) is 22.9 Å². The first-order valence-corrected chi connectivity index (χ1v) is 16.5. The zero-order chi connectivity index (χ0) is 33.6. The first-order valence-electron chi connectivity index (χ1n) is 14.6. The van der Waals surface area contributed by atoms with E-state index in [0.717, 1.165) is 11.1 Å². The van der Waals surface area contributed by atoms with Crippen molar-refractivity contribution in [3.05, 3.63) is 77.5 Å². The number of sulfonamides is 1. The van der Waals surface area contributed by atoms with Crippen molar-refractivity contribution < 1.29 is 22.8 Å². The molecule has 9 nitrogen and oxygen atoms in total. The molecule has 11 heteroatoms. The summed E-state index contributed by atoms with van der Waals surface area (Å²) in [5, 5.41) is 6.04. The highest BCUT2D eigenvalue weighted by Gasteiger charge is 2.41. The third kappa shape index (κ3) is 9.18. The van der Waals surface area contributed by atoms with Gasteiger partial charge in [0.05, 0.1) is 16.9 Å². The van der Waals surface area contributed by atoms with E-state index in [1.807, 2.05) is 65.0 Å². The number of nitrogens with one attached hydrogen (secondary N) is 3. The van der Waals surface area contributed by atoms with Crippen LogP contribution in [0.4, 0.5) is 0 Å². The van der Waals surface area contributed by atoms with E-state index in [2.05, 4.69) is 28.0 Å². The topological polar surface area (TPSA) is 125 Å². The Kier molecular flexibility index (Phi) is 12.4. The second-order valence-electron chi connectivity index (χ2n) is 12.6. The highest BCUT2D eigenvalue weighted by atomic mass is 32.2. The normalized spacial score (nSPS) is 14.9. The third-order valence-electron chi connectivity index (χ3n) is 7.74. The van der Waals surface area contributed by atoms with Gasteiger partial charge in [-0.3, -0.25) is 14.4 Å². The van der Waals surface area contributed by atoms with Crippen molar-refractivity contribution in [1.82, 2.24) is 20.3 Å². The minimum atomic E-state index is -4.08. The molecule has 0 bridgehead atoms. The van der Waals surface area contributed by atoms with Crippen molar-refractivity contribution in [2.75, 3.05) is 14.1 Å². The molecule has 0 fully saturated rings. The lowest BCUT2D eigenvalue weighted by molar-refractivity contribution is -0.136. The van der Waals surface area contributed by atoms with E-state index in [0.29, 0.717) is 5.70 Å². The van der Waals surface area contributed by atoms with E-state index in [9.17, 15) is 22.8 Å². The van der Waals surface area contributed by atoms with E-state index in [4.69, 9.17) is 0 Å². The highest BCUT2D eigenvalue weighted by Crippen LogP contribution is 2.29. The summed E-state index contributed by atoms with van der Waals surface area (Å²) in [5.74, 6) is -2.62. The Labute approximate surface area is 268 Å². The molecule has 0 spiro atoms. The second-order valence-corrected chi connectivity index (χ2v) is 15.5. The Bertz CT molecular complexity index is 1450. The van der Waals surface area contributed by atoms with Crippen molar-refractivity contribution >= 4 is 40.4 Å². The van der Waals surface area contributed by atoms with Crippen molar-refractivity contribution in [2.24, 2.45) is 11.8 Å². The molecular weight excluding hydrogens is 597 g/mol. The molecule has 0 saturated carbocycles. The van der Waals surface area contributed by atoms with Gasteiger partial charge in [-0.25, -0.2) is 13.1 Å². The summed E-state index contributed by atoms with van der Waals surface area (Å²) >= 11 is 4.68. The van der Waals surface area contributed by atoms with E-state index in [1.165, 1.54) is 17.0 Å². The number of likely N-dealkylation sites (N-methyl/N-ethyl adjacent to an activating group) is 2. The number of carbonyl (C=O) groups is 3. The van der Waals surface area contributed by atoms with Crippen LogP contribution in [-0.2, 0) is 29.8 Å². The molecule has 3 atom stereocenters. The molecule has 242 valence electrons. The fraction of sp³-hybridized carbons (Fsp3) is 0.485. The van der Waals surface area contributed by atoms with Crippen LogP contribution in [0.3, 0.4) is 0 Å². The SMILES string of the molecule is CN[C@H](C(=O)N[C@H](C(=O)N(C)/C(=C/C(C)C(=O)NS(=O)(=O)c1ccc(C)cc1)C(C)C)C(C)(C)S)C(C)(C)c1ccccc1. The molecule has 0 aliphatic rings. The van der Waals surface area contributed by atoms with Crippen LogP contribution < -0.4 is 15.4 Å². The smallest absolute Gasteiger partial charge is 0.264 e. The molecule has 0 saturated heterocycles. The van der Waals surface area contributed by atoms with E-state index in [1.54, 1.807) is 53.1 Å². The molecule has 0 aliphatic carbocycles. The van der Waals surface area contributed by atoms with Crippen LogP contribution in [0.2, 0.25) is 0 Å². The number of rotatable bonds is 13. The Morgan fingerprint density at radius 1 is 0.886 bits per heavy atom. The van der Waals surface area contributed by atoms with Crippen molar-refractivity contribution in [2.45, 2.75) is 82.5 Å². The zero-order valence-corrected chi connectivity index (χ0v) is 29.1. The van der Waals surface area contributed by atoms with Crippen molar-refractivity contribution in [3.63, 3.8) is 0 Å². The standard InChI is InChI=1S/C33H48N4O5S2/c1-21(2)26(20-23(4)29(38)36-44(41,42)25-18-16-22(3)17-19-25)37(10)31(40)28(33(7,8)43)35-30(39)27(34-9)32(5,6)24-14-12-11-13-15-24/h11-21,23,27-28,34,43H,1-10H3,(H,35,39)(H,36,38)/b26-20+/t23?,27-,28-/m1/s1. The zero-order valence-electron chi connectivity index (χ0n) is 27.4. The molecule has 1 unspecified atom stereocenters. The maximum absolute atomic E-state index is 14.0. The number of hydrogen-bond acceptors (Lipinski definition) is 7. The van der Waals surface area contributed by atoms with E-state index in [-0.39, 0.29) is 16.7 Å².